The van der Waals surface area contributed by atoms with Crippen molar-refractivity contribution in [2.24, 2.45) is 0 Å². The van der Waals surface area contributed by atoms with Gasteiger partial charge in [-0.15, -0.1) is 0 Å². The number of unbranched alkanes of at least 4 members (excludes halogenated alkanes) is 5. The van der Waals surface area contributed by atoms with Crippen molar-refractivity contribution >= 4 is 11.9 Å². The number of carboxylic acid groups (broad SMARTS) is 1. The van der Waals surface area contributed by atoms with Crippen LogP contribution < -0.4 is 5.11 Å². The average Bonchev–Trinajstić information content (AvgIpc) is 2.58. The predicted octanol–water partition coefficient (Wildman–Crippen LogP) is 2.97. The van der Waals surface area contributed by atoms with Gasteiger partial charge in [0.05, 0.1) is 27.2 Å². The summed E-state index contributed by atoms with van der Waals surface area (Å²) in [5.41, 5.74) is 0. The molecule has 1 N–H and O–H groups in total. The highest BCUT2D eigenvalue weighted by atomic mass is 16.5. The zero-order valence-corrected chi connectivity index (χ0v) is 19.0. The lowest BCUT2D eigenvalue weighted by Gasteiger charge is -2.29. The van der Waals surface area contributed by atoms with Crippen LogP contribution in [0.4, 0.5) is 0 Å². The van der Waals surface area contributed by atoms with Crippen LogP contribution in [0, 0.1) is 0 Å². The Kier molecular flexibility index (Phi) is 15.6. The van der Waals surface area contributed by atoms with E-state index >= 15 is 0 Å². The van der Waals surface area contributed by atoms with Crippen molar-refractivity contribution in [1.29, 1.82) is 0 Å². The maximum absolute atomic E-state index is 12.0. The molecule has 0 aliphatic rings. The average molecular weight is 414 g/mol. The van der Waals surface area contributed by atoms with Crippen molar-refractivity contribution in [3.05, 3.63) is 12.2 Å². The van der Waals surface area contributed by atoms with E-state index in [0.29, 0.717) is 17.4 Å². The molecular formula is C23H43NO5. The standard InChI is InChI=1S/C23H43NO5/c1-5-6-7-8-9-10-12-15-20(25)16-13-11-14-17-23(28)29-21(18-22(26)27)19-24(2,3)4/h9-10,20-21,25H,5-8,11-19H2,1-4H3/b10-9+. The normalized spacial score (nSPS) is 14.1. The molecule has 0 saturated carbocycles. The summed E-state index contributed by atoms with van der Waals surface area (Å²) in [6.45, 7) is 2.63. The van der Waals surface area contributed by atoms with Crippen molar-refractivity contribution in [1.82, 2.24) is 0 Å². The van der Waals surface area contributed by atoms with E-state index in [0.717, 1.165) is 38.5 Å². The van der Waals surface area contributed by atoms with Crippen LogP contribution in [0.2, 0.25) is 0 Å². The Balaban J connectivity index is 3.86. The Hall–Kier alpha value is -1.40. The van der Waals surface area contributed by atoms with Crippen molar-refractivity contribution in [2.45, 2.75) is 96.2 Å². The number of carbonyl (C=O) groups excluding carboxylic acids is 2. The quantitative estimate of drug-likeness (QED) is 0.162. The summed E-state index contributed by atoms with van der Waals surface area (Å²) in [6, 6.07) is 0. The number of likely N-dealkylation sites (N-methyl/N-ethyl adjacent to an activating group) is 1. The van der Waals surface area contributed by atoms with Crippen LogP contribution in [0.15, 0.2) is 12.2 Å². The van der Waals surface area contributed by atoms with E-state index in [1.807, 2.05) is 21.1 Å². The molecule has 2 unspecified atom stereocenters. The van der Waals surface area contributed by atoms with Gasteiger partial charge in [0.25, 0.3) is 0 Å². The number of esters is 1. The number of aliphatic carboxylic acids is 1. The third-order valence-corrected chi connectivity index (χ3v) is 4.67. The Morgan fingerprint density at radius 3 is 2.31 bits per heavy atom. The minimum atomic E-state index is -1.21. The van der Waals surface area contributed by atoms with Crippen molar-refractivity contribution in [3.63, 3.8) is 0 Å². The van der Waals surface area contributed by atoms with E-state index < -0.39 is 12.1 Å². The van der Waals surface area contributed by atoms with Gasteiger partial charge in [-0.3, -0.25) is 4.79 Å². The summed E-state index contributed by atoms with van der Waals surface area (Å²) >= 11 is 0. The van der Waals surface area contributed by atoms with Gasteiger partial charge in [0.2, 0.25) is 0 Å². The third-order valence-electron chi connectivity index (χ3n) is 4.67. The largest absolute Gasteiger partial charge is 0.550 e. The van der Waals surface area contributed by atoms with E-state index in [-0.39, 0.29) is 24.9 Å². The lowest BCUT2D eigenvalue weighted by Crippen LogP contribution is -2.45. The molecule has 29 heavy (non-hydrogen) atoms. The first-order chi connectivity index (χ1) is 13.6. The topological polar surface area (TPSA) is 86.7 Å². The molecule has 0 radical (unpaired) electrons. The number of ether oxygens (including phenoxy) is 1. The number of nitrogens with zero attached hydrogens (tertiary/aromatic N) is 1. The molecule has 0 spiro atoms. The zero-order chi connectivity index (χ0) is 22.1. The lowest BCUT2D eigenvalue weighted by molar-refractivity contribution is -0.873. The summed E-state index contributed by atoms with van der Waals surface area (Å²) in [5, 5.41) is 20.9. The van der Waals surface area contributed by atoms with Gasteiger partial charge in [-0.2, -0.15) is 0 Å². The number of hydrogen-bond donors (Lipinski definition) is 1. The number of rotatable bonds is 18. The first kappa shape index (κ1) is 27.6. The van der Waals surface area contributed by atoms with Crippen molar-refractivity contribution < 1.29 is 29.0 Å². The molecule has 0 bridgehead atoms. The first-order valence-corrected chi connectivity index (χ1v) is 11.2. The van der Waals surface area contributed by atoms with Gasteiger partial charge in [-0.05, 0) is 38.5 Å². The maximum atomic E-state index is 12.0. The third kappa shape index (κ3) is 19.7. The van der Waals surface area contributed by atoms with E-state index in [1.54, 1.807) is 0 Å². The summed E-state index contributed by atoms with van der Waals surface area (Å²) in [5.74, 6) is -1.57. The van der Waals surface area contributed by atoms with Crippen LogP contribution in [-0.2, 0) is 14.3 Å². The molecule has 0 aromatic rings. The molecular weight excluding hydrogens is 370 g/mol. The van der Waals surface area contributed by atoms with Crippen LogP contribution >= 0.6 is 0 Å². The van der Waals surface area contributed by atoms with Gasteiger partial charge >= 0.3 is 5.97 Å². The molecule has 0 saturated heterocycles. The first-order valence-electron chi connectivity index (χ1n) is 11.2. The second-order valence-electron chi connectivity index (χ2n) is 8.96. The van der Waals surface area contributed by atoms with Crippen molar-refractivity contribution in [2.75, 3.05) is 27.7 Å². The summed E-state index contributed by atoms with van der Waals surface area (Å²) in [4.78, 5) is 22.8. The molecule has 6 heteroatoms. The second-order valence-corrected chi connectivity index (χ2v) is 8.96. The minimum absolute atomic E-state index is 0.275. The Morgan fingerprint density at radius 2 is 1.69 bits per heavy atom. The molecule has 0 aromatic carbocycles. The predicted molar refractivity (Wildman–Crippen MR) is 114 cm³/mol. The number of aliphatic hydroxyl groups excluding tert-OH is 1. The van der Waals surface area contributed by atoms with E-state index in [4.69, 9.17) is 4.74 Å². The molecule has 0 aliphatic carbocycles. The fourth-order valence-corrected chi connectivity index (χ4v) is 3.19. The van der Waals surface area contributed by atoms with Crippen molar-refractivity contribution in [3.8, 4) is 0 Å². The number of allylic oxidation sites excluding steroid dienone is 2. The fourth-order valence-electron chi connectivity index (χ4n) is 3.19. The van der Waals surface area contributed by atoms with Gasteiger partial charge in [-0.25, -0.2) is 0 Å². The number of quaternary nitrogens is 1. The highest BCUT2D eigenvalue weighted by Gasteiger charge is 2.22. The highest BCUT2D eigenvalue weighted by molar-refractivity contribution is 5.70. The summed E-state index contributed by atoms with van der Waals surface area (Å²) in [7, 11) is 5.76. The van der Waals surface area contributed by atoms with Gasteiger partial charge in [0.15, 0.2) is 6.10 Å². The van der Waals surface area contributed by atoms with Gasteiger partial charge in [0.1, 0.15) is 6.54 Å². The Bertz CT molecular complexity index is 470. The SMILES string of the molecule is CCCCC/C=C/CCC(O)CCCCCC(=O)OC(CC(=O)[O-])C[N+](C)(C)C. The van der Waals surface area contributed by atoms with Crippen LogP contribution in [0.25, 0.3) is 0 Å². The molecule has 0 fully saturated rings. The molecule has 0 aromatic heterocycles. The van der Waals surface area contributed by atoms with Gasteiger partial charge in [0, 0.05) is 18.8 Å². The zero-order valence-electron chi connectivity index (χ0n) is 19.0. The molecule has 0 rings (SSSR count). The number of carboxylic acids is 1. The van der Waals surface area contributed by atoms with Gasteiger partial charge < -0.3 is 24.2 Å². The molecule has 6 nitrogen and oxygen atoms in total. The molecule has 170 valence electrons. The minimum Gasteiger partial charge on any atom is -0.550 e. The Morgan fingerprint density at radius 1 is 1.00 bits per heavy atom. The summed E-state index contributed by atoms with van der Waals surface area (Å²) < 4.78 is 5.84. The molecule has 0 amide bonds. The molecule has 0 heterocycles. The van der Waals surface area contributed by atoms with Crippen LogP contribution in [-0.4, -0.2) is 61.4 Å². The van der Waals surface area contributed by atoms with Crippen LogP contribution in [0.1, 0.15) is 84.0 Å². The number of aliphatic hydroxyl groups is 1. The van der Waals surface area contributed by atoms with Crippen LogP contribution in [0.3, 0.4) is 0 Å². The van der Waals surface area contributed by atoms with E-state index in [1.165, 1.54) is 19.3 Å². The fraction of sp³-hybridized carbons (Fsp3) is 0.826. The van der Waals surface area contributed by atoms with E-state index in [2.05, 4.69) is 19.1 Å². The van der Waals surface area contributed by atoms with E-state index in [9.17, 15) is 19.8 Å². The monoisotopic (exact) mass is 413 g/mol. The smallest absolute Gasteiger partial charge is 0.306 e. The van der Waals surface area contributed by atoms with Gasteiger partial charge in [-0.1, -0.05) is 44.8 Å². The number of carbonyl (C=O) groups is 2. The molecule has 0 aliphatic heterocycles. The summed E-state index contributed by atoms with van der Waals surface area (Å²) in [6.07, 6.45) is 13.1. The second kappa shape index (κ2) is 16.4. The number of hydrogen-bond acceptors (Lipinski definition) is 5. The Labute approximate surface area is 177 Å². The maximum Gasteiger partial charge on any atom is 0.306 e. The van der Waals surface area contributed by atoms with Crippen LogP contribution in [0.5, 0.6) is 0 Å². The molecule has 2 atom stereocenters. The highest BCUT2D eigenvalue weighted by Crippen LogP contribution is 2.12. The lowest BCUT2D eigenvalue weighted by atomic mass is 10.0.